The van der Waals surface area contributed by atoms with Gasteiger partial charge in [0, 0.05) is 16.9 Å². The zero-order valence-electron chi connectivity index (χ0n) is 15.1. The third-order valence-corrected chi connectivity index (χ3v) is 5.15. The van der Waals surface area contributed by atoms with E-state index in [1.54, 1.807) is 28.5 Å². The molecule has 0 aliphatic carbocycles. The van der Waals surface area contributed by atoms with Gasteiger partial charge in [-0.3, -0.25) is 0 Å². The summed E-state index contributed by atoms with van der Waals surface area (Å²) in [5, 5.41) is 5.95. The van der Waals surface area contributed by atoms with Crippen LogP contribution in [0.3, 0.4) is 0 Å². The number of urea groups is 1. The molecule has 6 nitrogen and oxygen atoms in total. The first kappa shape index (κ1) is 21.5. The van der Waals surface area contributed by atoms with E-state index in [1.165, 1.54) is 18.4 Å². The Labute approximate surface area is 172 Å². The van der Waals surface area contributed by atoms with E-state index in [1.807, 2.05) is 0 Å². The zero-order chi connectivity index (χ0) is 19.8. The topological polar surface area (TPSA) is 71.5 Å². The van der Waals surface area contributed by atoms with Gasteiger partial charge in [-0.2, -0.15) is 0 Å². The molecule has 0 fully saturated rings. The highest BCUT2D eigenvalue weighted by atomic mass is 35.5. The van der Waals surface area contributed by atoms with Crippen LogP contribution in [-0.4, -0.2) is 35.5 Å². The molecule has 2 amide bonds. The van der Waals surface area contributed by atoms with E-state index in [-0.39, 0.29) is 11.7 Å². The number of aromatic nitrogens is 1. The van der Waals surface area contributed by atoms with E-state index in [0.29, 0.717) is 33.8 Å². The lowest BCUT2D eigenvalue weighted by atomic mass is 10.2. The van der Waals surface area contributed by atoms with Crippen LogP contribution in [0.5, 0.6) is 0 Å². The van der Waals surface area contributed by atoms with E-state index >= 15 is 0 Å². The van der Waals surface area contributed by atoms with Crippen LogP contribution in [0.15, 0.2) is 23.6 Å². The standard InChI is InChI=1S/C18H21Cl2N3O3S/c1-3-4-5-8-23(10-16-21-15(11-27-16)17(24)26-2)18(25)22-14-7-6-12(19)9-13(14)20/h6-7,9,11H,3-5,8,10H2,1-2H3,(H,22,25). The number of ether oxygens (including phenoxy) is 1. The number of carbonyl (C=O) groups excluding carboxylic acids is 2. The number of methoxy groups -OCH3 is 1. The number of benzene rings is 1. The van der Waals surface area contributed by atoms with Crippen molar-refractivity contribution >= 4 is 52.2 Å². The fourth-order valence-corrected chi connectivity index (χ4v) is 3.57. The lowest BCUT2D eigenvalue weighted by Gasteiger charge is -2.22. The first-order valence-electron chi connectivity index (χ1n) is 8.48. The maximum Gasteiger partial charge on any atom is 0.357 e. The van der Waals surface area contributed by atoms with Gasteiger partial charge in [0.2, 0.25) is 0 Å². The Morgan fingerprint density at radius 2 is 2.07 bits per heavy atom. The van der Waals surface area contributed by atoms with Gasteiger partial charge in [-0.1, -0.05) is 43.0 Å². The van der Waals surface area contributed by atoms with Crippen LogP contribution in [-0.2, 0) is 11.3 Å². The van der Waals surface area contributed by atoms with Crippen molar-refractivity contribution in [2.45, 2.75) is 32.7 Å². The Balaban J connectivity index is 2.11. The minimum Gasteiger partial charge on any atom is -0.464 e. The first-order chi connectivity index (χ1) is 12.9. The smallest absolute Gasteiger partial charge is 0.357 e. The molecule has 1 aromatic heterocycles. The van der Waals surface area contributed by atoms with Crippen molar-refractivity contribution in [3.05, 3.63) is 44.3 Å². The summed E-state index contributed by atoms with van der Waals surface area (Å²) in [7, 11) is 1.31. The Morgan fingerprint density at radius 3 is 2.74 bits per heavy atom. The van der Waals surface area contributed by atoms with E-state index < -0.39 is 5.97 Å². The number of thiazole rings is 1. The van der Waals surface area contributed by atoms with Crippen LogP contribution >= 0.6 is 34.5 Å². The third kappa shape index (κ3) is 6.37. The van der Waals surface area contributed by atoms with Gasteiger partial charge in [0.15, 0.2) is 5.69 Å². The molecule has 2 aromatic rings. The summed E-state index contributed by atoms with van der Waals surface area (Å²) in [6.45, 7) is 2.96. The minimum absolute atomic E-state index is 0.243. The molecule has 146 valence electrons. The molecule has 1 aromatic carbocycles. The Hall–Kier alpha value is -1.83. The highest BCUT2D eigenvalue weighted by molar-refractivity contribution is 7.09. The van der Waals surface area contributed by atoms with Gasteiger partial charge >= 0.3 is 12.0 Å². The molecular weight excluding hydrogens is 409 g/mol. The third-order valence-electron chi connectivity index (χ3n) is 3.76. The maximum absolute atomic E-state index is 12.8. The number of anilines is 1. The van der Waals surface area contributed by atoms with Crippen LogP contribution in [0.4, 0.5) is 10.5 Å². The van der Waals surface area contributed by atoms with Crippen molar-refractivity contribution < 1.29 is 14.3 Å². The molecular formula is C18H21Cl2N3O3S. The fraction of sp³-hybridized carbons (Fsp3) is 0.389. The van der Waals surface area contributed by atoms with Gasteiger partial charge < -0.3 is 15.0 Å². The average Bonchev–Trinajstić information content (AvgIpc) is 3.11. The fourth-order valence-electron chi connectivity index (χ4n) is 2.34. The first-order valence-corrected chi connectivity index (χ1v) is 10.1. The second-order valence-electron chi connectivity index (χ2n) is 5.80. The van der Waals surface area contributed by atoms with E-state index in [0.717, 1.165) is 19.3 Å². The molecule has 1 N–H and O–H groups in total. The molecule has 0 bridgehead atoms. The normalized spacial score (nSPS) is 10.5. The monoisotopic (exact) mass is 429 g/mol. The molecule has 0 radical (unpaired) electrons. The Kier molecular flexibility index (Phi) is 8.34. The summed E-state index contributed by atoms with van der Waals surface area (Å²) in [6, 6.07) is 4.61. The quantitative estimate of drug-likeness (QED) is 0.446. The predicted molar refractivity (Wildman–Crippen MR) is 109 cm³/mol. The minimum atomic E-state index is -0.493. The molecule has 0 spiro atoms. The van der Waals surface area contributed by atoms with Crippen LogP contribution in [0.25, 0.3) is 0 Å². The van der Waals surface area contributed by atoms with Gasteiger partial charge in [0.1, 0.15) is 5.01 Å². The van der Waals surface area contributed by atoms with E-state index in [4.69, 9.17) is 23.2 Å². The second-order valence-corrected chi connectivity index (χ2v) is 7.59. The number of amides is 2. The van der Waals surface area contributed by atoms with Crippen molar-refractivity contribution in [3.8, 4) is 0 Å². The molecule has 2 rings (SSSR count). The summed E-state index contributed by atoms with van der Waals surface area (Å²) in [5.41, 5.74) is 0.730. The Morgan fingerprint density at radius 1 is 1.30 bits per heavy atom. The van der Waals surface area contributed by atoms with Gasteiger partial charge in [0.25, 0.3) is 0 Å². The predicted octanol–water partition coefficient (Wildman–Crippen LogP) is 5.46. The van der Waals surface area contributed by atoms with Gasteiger partial charge in [-0.15, -0.1) is 11.3 Å². The summed E-state index contributed by atoms with van der Waals surface area (Å²) in [5.74, 6) is -0.493. The number of rotatable bonds is 8. The highest BCUT2D eigenvalue weighted by Gasteiger charge is 2.18. The maximum atomic E-state index is 12.8. The van der Waals surface area contributed by atoms with Crippen molar-refractivity contribution in [1.82, 2.24) is 9.88 Å². The van der Waals surface area contributed by atoms with E-state index in [9.17, 15) is 9.59 Å². The van der Waals surface area contributed by atoms with Crippen LogP contribution in [0.2, 0.25) is 10.0 Å². The number of hydrogen-bond acceptors (Lipinski definition) is 5. The molecule has 9 heteroatoms. The molecule has 0 aliphatic heterocycles. The SMILES string of the molecule is CCCCCN(Cc1nc(C(=O)OC)cs1)C(=O)Nc1ccc(Cl)cc1Cl. The van der Waals surface area contributed by atoms with Crippen LogP contribution < -0.4 is 5.32 Å². The lowest BCUT2D eigenvalue weighted by Crippen LogP contribution is -2.35. The number of carbonyl (C=O) groups is 2. The summed E-state index contributed by atoms with van der Waals surface area (Å²) >= 11 is 13.3. The lowest BCUT2D eigenvalue weighted by molar-refractivity contribution is 0.0594. The molecule has 0 atom stereocenters. The number of esters is 1. The number of halogens is 2. The van der Waals surface area contributed by atoms with Crippen molar-refractivity contribution in [2.75, 3.05) is 19.0 Å². The van der Waals surface area contributed by atoms with Gasteiger partial charge in [-0.25, -0.2) is 14.6 Å². The molecule has 27 heavy (non-hydrogen) atoms. The number of nitrogens with one attached hydrogen (secondary N) is 1. The summed E-state index contributed by atoms with van der Waals surface area (Å²) in [4.78, 5) is 30.2. The molecule has 0 aliphatic rings. The van der Waals surface area contributed by atoms with Gasteiger partial charge in [0.05, 0.1) is 24.4 Å². The number of nitrogens with zero attached hydrogens (tertiary/aromatic N) is 2. The Bertz CT molecular complexity index is 798. The van der Waals surface area contributed by atoms with Crippen molar-refractivity contribution in [2.24, 2.45) is 0 Å². The van der Waals surface area contributed by atoms with Gasteiger partial charge in [-0.05, 0) is 24.6 Å². The number of hydrogen-bond donors (Lipinski definition) is 1. The van der Waals surface area contributed by atoms with E-state index in [2.05, 4.69) is 22.0 Å². The zero-order valence-corrected chi connectivity index (χ0v) is 17.5. The van der Waals surface area contributed by atoms with Crippen molar-refractivity contribution in [1.29, 1.82) is 0 Å². The van der Waals surface area contributed by atoms with Crippen LogP contribution in [0, 0.1) is 0 Å². The summed E-state index contributed by atoms with van der Waals surface area (Å²) < 4.78 is 4.67. The second kappa shape index (κ2) is 10.5. The molecule has 0 saturated heterocycles. The summed E-state index contributed by atoms with van der Waals surface area (Å²) in [6.07, 6.45) is 2.92. The largest absolute Gasteiger partial charge is 0.464 e. The molecule has 0 saturated carbocycles. The van der Waals surface area contributed by atoms with Crippen molar-refractivity contribution in [3.63, 3.8) is 0 Å². The van der Waals surface area contributed by atoms with Crippen LogP contribution in [0.1, 0.15) is 41.7 Å². The number of unbranched alkanes of at least 4 members (excludes halogenated alkanes) is 2. The molecule has 0 unspecified atom stereocenters. The highest BCUT2D eigenvalue weighted by Crippen LogP contribution is 2.26. The molecule has 1 heterocycles. The average molecular weight is 430 g/mol.